The number of rotatable bonds is 7. The molecule has 4 N–H and O–H groups in total. The second-order valence-electron chi connectivity index (χ2n) is 9.57. The van der Waals surface area contributed by atoms with Crippen LogP contribution in [0, 0.1) is 10.8 Å². The van der Waals surface area contributed by atoms with Crippen molar-refractivity contribution in [3.8, 4) is 11.3 Å². The summed E-state index contributed by atoms with van der Waals surface area (Å²) in [4.78, 5) is 51.6. The van der Waals surface area contributed by atoms with E-state index in [4.69, 9.17) is 17.3 Å². The Hall–Kier alpha value is -3.10. The topological polar surface area (TPSA) is 149 Å². The van der Waals surface area contributed by atoms with E-state index in [1.54, 1.807) is 29.0 Å². The first-order valence-corrected chi connectivity index (χ1v) is 12.6. The molecule has 38 heavy (non-hydrogen) atoms. The fraction of sp³-hybridized carbons (Fsp3) is 0.500. The smallest absolute Gasteiger partial charge is 0.255 e. The van der Waals surface area contributed by atoms with Gasteiger partial charge in [-0.2, -0.15) is 0 Å². The maximum Gasteiger partial charge on any atom is 0.255 e. The Kier molecular flexibility index (Phi) is 8.95. The van der Waals surface area contributed by atoms with E-state index in [0.717, 1.165) is 13.1 Å². The number of carbonyl (C=O) groups is 2. The van der Waals surface area contributed by atoms with Crippen LogP contribution in [0.3, 0.4) is 0 Å². The number of nitrogens with zero attached hydrogens (tertiary/aromatic N) is 6. The average Bonchev–Trinajstić information content (AvgIpc) is 2.90. The van der Waals surface area contributed by atoms with Crippen molar-refractivity contribution in [3.63, 3.8) is 0 Å². The standard InChI is InChI=1S/C24H31ClFN9O3/c1-33-5-7-35(8-6-33)24(37)14-9-17(25)20(29-10-14)16-3-4-28-12-18(16)31-23(36)19(21(27)32-38)22-30-11-15(26)13-34(22)2/h3-4,9-10,12,15,19,21-22,30H,5-8,11,13,27H2,1-2H3,(H,31,36). The van der Waals surface area contributed by atoms with Crippen LogP contribution in [-0.4, -0.2) is 108 Å². The predicted molar refractivity (Wildman–Crippen MR) is 141 cm³/mol. The summed E-state index contributed by atoms with van der Waals surface area (Å²) >= 11 is 6.57. The molecule has 4 rings (SSSR count). The molecule has 2 saturated heterocycles. The van der Waals surface area contributed by atoms with Crippen LogP contribution in [0.1, 0.15) is 10.4 Å². The Morgan fingerprint density at radius 3 is 2.66 bits per heavy atom. The lowest BCUT2D eigenvalue weighted by Gasteiger charge is -2.39. The molecule has 2 aliphatic rings. The number of hydrogen-bond donors (Lipinski definition) is 3. The summed E-state index contributed by atoms with van der Waals surface area (Å²) in [7, 11) is 3.64. The second-order valence-corrected chi connectivity index (χ2v) is 9.98. The van der Waals surface area contributed by atoms with Gasteiger partial charge in [0.15, 0.2) is 6.17 Å². The van der Waals surface area contributed by atoms with Crippen LogP contribution in [0.2, 0.25) is 5.02 Å². The molecule has 2 aliphatic heterocycles. The Balaban J connectivity index is 1.56. The molecule has 2 fully saturated rings. The number of piperazine rings is 1. The van der Waals surface area contributed by atoms with E-state index >= 15 is 0 Å². The van der Waals surface area contributed by atoms with E-state index < -0.39 is 30.3 Å². The maximum absolute atomic E-state index is 13.8. The molecule has 0 aromatic carbocycles. The van der Waals surface area contributed by atoms with E-state index in [2.05, 4.69) is 30.7 Å². The van der Waals surface area contributed by atoms with Gasteiger partial charge in [0.2, 0.25) is 5.91 Å². The van der Waals surface area contributed by atoms with Crippen LogP contribution in [-0.2, 0) is 4.79 Å². The quantitative estimate of drug-likeness (QED) is 0.431. The average molecular weight is 548 g/mol. The van der Waals surface area contributed by atoms with Gasteiger partial charge in [0.05, 0.1) is 34.3 Å². The largest absolute Gasteiger partial charge is 0.336 e. The van der Waals surface area contributed by atoms with Crippen molar-refractivity contribution < 1.29 is 14.0 Å². The van der Waals surface area contributed by atoms with Gasteiger partial charge in [0, 0.05) is 57.2 Å². The van der Waals surface area contributed by atoms with Gasteiger partial charge in [-0.25, -0.2) is 4.39 Å². The van der Waals surface area contributed by atoms with Crippen molar-refractivity contribution >= 4 is 29.1 Å². The van der Waals surface area contributed by atoms with E-state index in [-0.39, 0.29) is 29.7 Å². The highest BCUT2D eigenvalue weighted by atomic mass is 35.5. The molecular formula is C24H31ClFN9O3. The Morgan fingerprint density at radius 2 is 2.00 bits per heavy atom. The van der Waals surface area contributed by atoms with Crippen LogP contribution in [0.25, 0.3) is 11.3 Å². The lowest BCUT2D eigenvalue weighted by molar-refractivity contribution is -0.124. The highest BCUT2D eigenvalue weighted by Gasteiger charge is 2.40. The van der Waals surface area contributed by atoms with Gasteiger partial charge in [-0.3, -0.25) is 29.8 Å². The molecule has 0 bridgehead atoms. The van der Waals surface area contributed by atoms with Crippen molar-refractivity contribution in [2.24, 2.45) is 16.8 Å². The Labute approximate surface area is 224 Å². The number of halogens is 2. The molecule has 12 nitrogen and oxygen atoms in total. The van der Waals surface area contributed by atoms with Crippen molar-refractivity contribution in [2.75, 3.05) is 58.7 Å². The molecule has 14 heteroatoms. The van der Waals surface area contributed by atoms with Crippen LogP contribution >= 0.6 is 11.6 Å². The molecule has 4 atom stereocenters. The first-order valence-electron chi connectivity index (χ1n) is 12.2. The number of nitrogens with one attached hydrogen (secondary N) is 2. The van der Waals surface area contributed by atoms with E-state index in [1.807, 2.05) is 7.05 Å². The first kappa shape index (κ1) is 27.9. The van der Waals surface area contributed by atoms with Crippen LogP contribution in [0.5, 0.6) is 0 Å². The summed E-state index contributed by atoms with van der Waals surface area (Å²) in [5, 5.41) is 8.76. The molecule has 2 amide bonds. The molecule has 2 aromatic rings. The minimum atomic E-state index is -1.38. The number of nitroso groups, excluding NO2 is 1. The number of pyridine rings is 2. The number of amides is 2. The number of likely N-dealkylation sites (N-methyl/N-ethyl adjacent to an activating group) is 1. The Morgan fingerprint density at radius 1 is 1.26 bits per heavy atom. The number of hydrogen-bond acceptors (Lipinski definition) is 10. The number of anilines is 1. The summed E-state index contributed by atoms with van der Waals surface area (Å²) in [5.74, 6) is -1.88. The third-order valence-corrected chi connectivity index (χ3v) is 7.14. The number of carbonyl (C=O) groups excluding carboxylic acids is 2. The SMILES string of the molecule is CN1CCN(C(=O)c2cnc(-c3ccncc3NC(=O)C(C(N)N=O)C3NCC(F)CN3C)c(Cl)c2)CC1. The van der Waals surface area contributed by atoms with E-state index in [9.17, 15) is 18.9 Å². The summed E-state index contributed by atoms with van der Waals surface area (Å²) in [6, 6.07) is 3.18. The van der Waals surface area contributed by atoms with Gasteiger partial charge < -0.3 is 20.9 Å². The number of nitrogens with two attached hydrogens (primary N) is 1. The highest BCUT2D eigenvalue weighted by molar-refractivity contribution is 6.33. The molecule has 0 saturated carbocycles. The lowest BCUT2D eigenvalue weighted by Crippen LogP contribution is -2.62. The van der Waals surface area contributed by atoms with Gasteiger partial charge in [-0.05, 0) is 26.2 Å². The van der Waals surface area contributed by atoms with E-state index in [0.29, 0.717) is 29.9 Å². The van der Waals surface area contributed by atoms with Crippen LogP contribution in [0.4, 0.5) is 10.1 Å². The summed E-state index contributed by atoms with van der Waals surface area (Å²) in [6.07, 6.45) is 1.17. The minimum absolute atomic E-state index is 0.0151. The number of aromatic nitrogens is 2. The first-order chi connectivity index (χ1) is 18.2. The third kappa shape index (κ3) is 6.13. The molecule has 4 unspecified atom stereocenters. The lowest BCUT2D eigenvalue weighted by atomic mass is 9.98. The number of alkyl halides is 1. The normalized spacial score (nSPS) is 22.5. The van der Waals surface area contributed by atoms with Crippen molar-refractivity contribution in [2.45, 2.75) is 18.5 Å². The molecule has 2 aromatic heterocycles. The minimum Gasteiger partial charge on any atom is -0.336 e. The molecule has 0 spiro atoms. The van der Waals surface area contributed by atoms with Crippen molar-refractivity contribution in [1.82, 2.24) is 30.0 Å². The fourth-order valence-electron chi connectivity index (χ4n) is 4.71. The van der Waals surface area contributed by atoms with Crippen molar-refractivity contribution in [1.29, 1.82) is 0 Å². The predicted octanol–water partition coefficient (Wildman–Crippen LogP) is 0.990. The molecule has 0 radical (unpaired) electrons. The summed E-state index contributed by atoms with van der Waals surface area (Å²) in [5.41, 5.74) is 7.33. The van der Waals surface area contributed by atoms with Crippen LogP contribution < -0.4 is 16.4 Å². The molecule has 204 valence electrons. The van der Waals surface area contributed by atoms with E-state index in [1.165, 1.54) is 18.6 Å². The van der Waals surface area contributed by atoms with Gasteiger partial charge in [-0.15, -0.1) is 4.91 Å². The van der Waals surface area contributed by atoms with Crippen LogP contribution in [0.15, 0.2) is 35.9 Å². The second kappa shape index (κ2) is 12.2. The molecule has 4 heterocycles. The monoisotopic (exact) mass is 547 g/mol. The zero-order valence-electron chi connectivity index (χ0n) is 21.2. The fourth-order valence-corrected chi connectivity index (χ4v) is 4.98. The molecular weight excluding hydrogens is 517 g/mol. The molecule has 0 aliphatic carbocycles. The Bertz CT molecular complexity index is 1180. The zero-order chi connectivity index (χ0) is 27.4. The van der Waals surface area contributed by atoms with Gasteiger partial charge in [0.25, 0.3) is 5.91 Å². The summed E-state index contributed by atoms with van der Waals surface area (Å²) < 4.78 is 13.8. The van der Waals surface area contributed by atoms with Gasteiger partial charge in [-0.1, -0.05) is 16.8 Å². The maximum atomic E-state index is 13.8. The van der Waals surface area contributed by atoms with Gasteiger partial charge >= 0.3 is 0 Å². The zero-order valence-corrected chi connectivity index (χ0v) is 21.9. The highest BCUT2D eigenvalue weighted by Crippen LogP contribution is 2.32. The van der Waals surface area contributed by atoms with Crippen molar-refractivity contribution in [3.05, 3.63) is 46.2 Å². The summed E-state index contributed by atoms with van der Waals surface area (Å²) in [6.45, 7) is 2.90. The third-order valence-electron chi connectivity index (χ3n) is 6.85. The van der Waals surface area contributed by atoms with Gasteiger partial charge in [0.1, 0.15) is 12.1 Å².